The molecule has 2 aliphatic rings. The summed E-state index contributed by atoms with van der Waals surface area (Å²) in [5, 5.41) is 12.6. The van der Waals surface area contributed by atoms with Crippen LogP contribution in [0.25, 0.3) is 16.5 Å². The van der Waals surface area contributed by atoms with E-state index in [1.54, 1.807) is 6.07 Å². The number of halogens is 1. The summed E-state index contributed by atoms with van der Waals surface area (Å²) in [7, 11) is 0. The second kappa shape index (κ2) is 5.56. The lowest BCUT2D eigenvalue weighted by Gasteiger charge is -2.17. The third-order valence-electron chi connectivity index (χ3n) is 4.70. The van der Waals surface area contributed by atoms with Crippen molar-refractivity contribution in [2.45, 2.75) is 25.3 Å². The van der Waals surface area contributed by atoms with Crippen LogP contribution in [0.2, 0.25) is 0 Å². The number of fused-ring (bicyclic) bond motifs is 1. The summed E-state index contributed by atoms with van der Waals surface area (Å²) < 4.78 is 16.4. The molecule has 5 nitrogen and oxygen atoms in total. The van der Waals surface area contributed by atoms with E-state index in [1.807, 2.05) is 10.6 Å². The summed E-state index contributed by atoms with van der Waals surface area (Å²) in [6.07, 6.45) is 5.97. The van der Waals surface area contributed by atoms with E-state index in [-0.39, 0.29) is 17.0 Å². The fraction of sp³-hybridized carbons (Fsp3) is 0.333. The molecule has 1 aliphatic carbocycles. The van der Waals surface area contributed by atoms with E-state index in [4.69, 9.17) is 0 Å². The number of hydrogen-bond donors (Lipinski definition) is 2. The van der Waals surface area contributed by atoms with Crippen molar-refractivity contribution in [1.82, 2.24) is 9.88 Å². The Labute approximate surface area is 137 Å². The maximum Gasteiger partial charge on any atom is 0.341 e. The number of pyridine rings is 1. The molecule has 0 bridgehead atoms. The maximum absolute atomic E-state index is 14.6. The van der Waals surface area contributed by atoms with Gasteiger partial charge in [0.2, 0.25) is 5.43 Å². The summed E-state index contributed by atoms with van der Waals surface area (Å²) in [4.78, 5) is 23.8. The van der Waals surface area contributed by atoms with Crippen LogP contribution < -0.4 is 10.7 Å². The third-order valence-corrected chi connectivity index (χ3v) is 4.70. The highest BCUT2D eigenvalue weighted by molar-refractivity contribution is 5.93. The Morgan fingerprint density at radius 1 is 1.33 bits per heavy atom. The van der Waals surface area contributed by atoms with E-state index >= 15 is 0 Å². The minimum atomic E-state index is -1.28. The molecule has 0 unspecified atom stereocenters. The zero-order valence-electron chi connectivity index (χ0n) is 13.0. The molecule has 24 heavy (non-hydrogen) atoms. The predicted molar refractivity (Wildman–Crippen MR) is 88.9 cm³/mol. The van der Waals surface area contributed by atoms with E-state index in [1.165, 1.54) is 12.3 Å². The lowest BCUT2D eigenvalue weighted by molar-refractivity contribution is 0.0695. The number of hydrogen-bond acceptors (Lipinski definition) is 3. The van der Waals surface area contributed by atoms with Gasteiger partial charge in [-0.15, -0.1) is 0 Å². The molecule has 1 aromatic carbocycles. The van der Waals surface area contributed by atoms with Crippen molar-refractivity contribution in [2.24, 2.45) is 0 Å². The van der Waals surface area contributed by atoms with Crippen molar-refractivity contribution in [2.75, 3.05) is 13.1 Å². The standard InChI is InChI=1S/C18H17FN2O3/c19-15-7-13-16(8-12(15)10-3-5-20-6-4-10)21(11-1-2-11)9-14(17(13)22)18(23)24/h3,7-9,11,20H,1-2,4-6H2,(H,23,24). The number of nitrogens with zero attached hydrogens (tertiary/aromatic N) is 1. The first-order chi connectivity index (χ1) is 11.6. The molecule has 1 fully saturated rings. The monoisotopic (exact) mass is 328 g/mol. The molecule has 0 spiro atoms. The number of nitrogens with one attached hydrogen (secondary N) is 1. The zero-order chi connectivity index (χ0) is 16.8. The van der Waals surface area contributed by atoms with Crippen LogP contribution in [0.1, 0.15) is 41.2 Å². The van der Waals surface area contributed by atoms with Gasteiger partial charge in [0.15, 0.2) is 0 Å². The number of carbonyl (C=O) groups is 1. The Morgan fingerprint density at radius 2 is 2.12 bits per heavy atom. The van der Waals surface area contributed by atoms with Gasteiger partial charge in [-0.05, 0) is 43.5 Å². The number of aromatic carboxylic acids is 1. The van der Waals surface area contributed by atoms with E-state index < -0.39 is 17.2 Å². The Hall–Kier alpha value is -2.47. The topological polar surface area (TPSA) is 71.3 Å². The van der Waals surface area contributed by atoms with Crippen LogP contribution in [0.3, 0.4) is 0 Å². The maximum atomic E-state index is 14.6. The summed E-state index contributed by atoms with van der Waals surface area (Å²) >= 11 is 0. The van der Waals surface area contributed by atoms with Crippen LogP contribution in [0, 0.1) is 5.82 Å². The molecular formula is C18H17FN2O3. The van der Waals surface area contributed by atoms with Gasteiger partial charge in [-0.3, -0.25) is 4.79 Å². The van der Waals surface area contributed by atoms with Crippen LogP contribution in [0.4, 0.5) is 4.39 Å². The van der Waals surface area contributed by atoms with Gasteiger partial charge < -0.3 is 15.0 Å². The van der Waals surface area contributed by atoms with Gasteiger partial charge in [-0.2, -0.15) is 0 Å². The smallest absolute Gasteiger partial charge is 0.341 e. The second-order valence-corrected chi connectivity index (χ2v) is 6.35. The molecule has 1 aliphatic heterocycles. The average Bonchev–Trinajstić information content (AvgIpc) is 3.40. The number of rotatable bonds is 3. The minimum absolute atomic E-state index is 0.137. The van der Waals surface area contributed by atoms with E-state index in [0.717, 1.165) is 31.4 Å². The van der Waals surface area contributed by atoms with Gasteiger partial charge in [0.25, 0.3) is 0 Å². The van der Waals surface area contributed by atoms with Crippen molar-refractivity contribution < 1.29 is 14.3 Å². The van der Waals surface area contributed by atoms with E-state index in [2.05, 4.69) is 5.32 Å². The number of benzene rings is 1. The van der Waals surface area contributed by atoms with Gasteiger partial charge in [0.05, 0.1) is 5.52 Å². The van der Waals surface area contributed by atoms with Gasteiger partial charge in [0.1, 0.15) is 11.4 Å². The SMILES string of the molecule is O=C(O)c1cn(C2CC2)c2cc(C3=CCNCC3)c(F)cc2c1=O. The Kier molecular flexibility index (Phi) is 3.49. The van der Waals surface area contributed by atoms with Crippen LogP contribution >= 0.6 is 0 Å². The highest BCUT2D eigenvalue weighted by Crippen LogP contribution is 2.38. The number of carboxylic acid groups (broad SMARTS) is 1. The molecule has 6 heteroatoms. The number of carboxylic acids is 1. The van der Waals surface area contributed by atoms with Gasteiger partial charge in [-0.25, -0.2) is 9.18 Å². The molecule has 0 atom stereocenters. The Morgan fingerprint density at radius 3 is 2.75 bits per heavy atom. The first-order valence-corrected chi connectivity index (χ1v) is 8.08. The third kappa shape index (κ3) is 2.43. The molecule has 0 amide bonds. The van der Waals surface area contributed by atoms with Crippen molar-refractivity contribution in [3.05, 3.63) is 51.6 Å². The van der Waals surface area contributed by atoms with Crippen molar-refractivity contribution in [3.63, 3.8) is 0 Å². The Bertz CT molecular complexity index is 941. The molecule has 2 N–H and O–H groups in total. The summed E-state index contributed by atoms with van der Waals surface area (Å²) in [5.74, 6) is -1.75. The van der Waals surface area contributed by atoms with E-state index in [9.17, 15) is 19.1 Å². The van der Waals surface area contributed by atoms with E-state index in [0.29, 0.717) is 17.6 Å². The van der Waals surface area contributed by atoms with Crippen LogP contribution in [0.15, 0.2) is 29.2 Å². The lowest BCUT2D eigenvalue weighted by atomic mass is 9.97. The fourth-order valence-electron chi connectivity index (χ4n) is 3.29. The summed E-state index contributed by atoms with van der Waals surface area (Å²) in [6.45, 7) is 1.48. The molecule has 2 aromatic rings. The second-order valence-electron chi connectivity index (χ2n) is 6.35. The normalized spacial score (nSPS) is 17.8. The zero-order valence-corrected chi connectivity index (χ0v) is 13.0. The van der Waals surface area contributed by atoms with Crippen LogP contribution in [0.5, 0.6) is 0 Å². The largest absolute Gasteiger partial charge is 0.477 e. The molecule has 1 aromatic heterocycles. The quantitative estimate of drug-likeness (QED) is 0.908. The first-order valence-electron chi connectivity index (χ1n) is 8.08. The molecule has 4 rings (SSSR count). The van der Waals surface area contributed by atoms with Crippen molar-refractivity contribution >= 4 is 22.4 Å². The van der Waals surface area contributed by atoms with Crippen molar-refractivity contribution in [1.29, 1.82) is 0 Å². The molecule has 0 radical (unpaired) electrons. The highest BCUT2D eigenvalue weighted by atomic mass is 19.1. The van der Waals surface area contributed by atoms with Crippen LogP contribution in [-0.4, -0.2) is 28.7 Å². The first kappa shape index (κ1) is 15.1. The van der Waals surface area contributed by atoms with Gasteiger partial charge in [0, 0.05) is 29.7 Å². The van der Waals surface area contributed by atoms with Gasteiger partial charge in [-0.1, -0.05) is 6.08 Å². The molecule has 2 heterocycles. The molecule has 0 saturated heterocycles. The predicted octanol–water partition coefficient (Wildman–Crippen LogP) is 2.55. The molecule has 1 saturated carbocycles. The number of aromatic nitrogens is 1. The lowest BCUT2D eigenvalue weighted by Crippen LogP contribution is -2.21. The molecule has 124 valence electrons. The highest BCUT2D eigenvalue weighted by Gasteiger charge is 2.27. The Balaban J connectivity index is 2.00. The minimum Gasteiger partial charge on any atom is -0.477 e. The molecular weight excluding hydrogens is 311 g/mol. The fourth-order valence-corrected chi connectivity index (χ4v) is 3.29. The summed E-state index contributed by atoms with van der Waals surface area (Å²) in [5.41, 5.74) is 1.11. The van der Waals surface area contributed by atoms with Crippen molar-refractivity contribution in [3.8, 4) is 0 Å². The van der Waals surface area contributed by atoms with Gasteiger partial charge >= 0.3 is 5.97 Å². The average molecular weight is 328 g/mol. The van der Waals surface area contributed by atoms with Crippen LogP contribution in [-0.2, 0) is 0 Å². The summed E-state index contributed by atoms with van der Waals surface area (Å²) in [6, 6.07) is 3.08.